The van der Waals surface area contributed by atoms with Gasteiger partial charge < -0.3 is 14.3 Å². The highest BCUT2D eigenvalue weighted by atomic mass is 16.7. The molecule has 0 heterocycles. The van der Waals surface area contributed by atoms with Crippen LogP contribution in [0.5, 0.6) is 0 Å². The third-order valence-electron chi connectivity index (χ3n) is 4.36. The summed E-state index contributed by atoms with van der Waals surface area (Å²) in [6.07, 6.45) is 8.21. The van der Waals surface area contributed by atoms with Gasteiger partial charge in [-0.25, -0.2) is 0 Å². The van der Waals surface area contributed by atoms with Crippen molar-refractivity contribution in [1.82, 2.24) is 5.06 Å². The molecule has 0 spiro atoms. The van der Waals surface area contributed by atoms with Crippen molar-refractivity contribution in [2.24, 2.45) is 0 Å². The van der Waals surface area contributed by atoms with Crippen molar-refractivity contribution >= 4 is 0 Å². The van der Waals surface area contributed by atoms with Crippen LogP contribution in [0.3, 0.4) is 0 Å². The van der Waals surface area contributed by atoms with E-state index in [2.05, 4.69) is 19.1 Å². The molecule has 0 aromatic rings. The van der Waals surface area contributed by atoms with E-state index in [1.165, 1.54) is 39.2 Å². The highest BCUT2D eigenvalue weighted by Crippen LogP contribution is 2.26. The van der Waals surface area contributed by atoms with E-state index in [1.807, 2.05) is 6.92 Å². The average molecular weight is 354 g/mol. The number of rotatable bonds is 15. The number of unbranched alkanes of at least 4 members (excludes halogenated alkanes) is 6. The zero-order valence-corrected chi connectivity index (χ0v) is 16.6. The minimum absolute atomic E-state index is 0.455. The van der Waals surface area contributed by atoms with Crippen LogP contribution in [0.1, 0.15) is 72.1 Å². The number of hydrogen-bond donors (Lipinski definition) is 0. The summed E-state index contributed by atoms with van der Waals surface area (Å²) < 4.78 is 11.1. The Kier molecular flexibility index (Phi) is 13.4. The van der Waals surface area contributed by atoms with Crippen LogP contribution in [0, 0.1) is 22.7 Å². The maximum Gasteiger partial charge on any atom is 0.261 e. The number of nitriles is 2. The predicted molar refractivity (Wildman–Crippen MR) is 97.3 cm³/mol. The Morgan fingerprint density at radius 1 is 1.00 bits per heavy atom. The first kappa shape index (κ1) is 23.8. The molecule has 6 nitrogen and oxygen atoms in total. The fraction of sp³-hybridized carbons (Fsp3) is 0.895. The Hall–Kier alpha value is -1.18. The van der Waals surface area contributed by atoms with Crippen LogP contribution in [0.4, 0.5) is 0 Å². The number of hydrogen-bond acceptors (Lipinski definition) is 6. The Bertz CT molecular complexity index is 403. The quantitative estimate of drug-likeness (QED) is 0.250. The molecule has 0 aliphatic rings. The van der Waals surface area contributed by atoms with Gasteiger partial charge in [0.1, 0.15) is 12.1 Å². The summed E-state index contributed by atoms with van der Waals surface area (Å²) in [5, 5.41) is 20.9. The maximum absolute atomic E-state index is 9.67. The first-order chi connectivity index (χ1) is 12.0. The molecule has 25 heavy (non-hydrogen) atoms. The Morgan fingerprint density at radius 2 is 1.56 bits per heavy atom. The summed E-state index contributed by atoms with van der Waals surface area (Å²) in [5.74, 6) is 0. The van der Waals surface area contributed by atoms with Crippen molar-refractivity contribution in [2.45, 2.75) is 90.1 Å². The highest BCUT2D eigenvalue weighted by Gasteiger charge is 2.45. The second-order valence-corrected chi connectivity index (χ2v) is 6.25. The van der Waals surface area contributed by atoms with Gasteiger partial charge in [-0.3, -0.25) is 0 Å². The van der Waals surface area contributed by atoms with Crippen LogP contribution in [0.2, 0.25) is 0 Å². The van der Waals surface area contributed by atoms with Gasteiger partial charge >= 0.3 is 0 Å². The van der Waals surface area contributed by atoms with E-state index < -0.39 is 17.9 Å². The summed E-state index contributed by atoms with van der Waals surface area (Å²) in [7, 11) is 3.26. The van der Waals surface area contributed by atoms with E-state index >= 15 is 0 Å². The van der Waals surface area contributed by atoms with Gasteiger partial charge in [0.25, 0.3) is 5.60 Å². The molecule has 6 heteroatoms. The first-order valence-corrected chi connectivity index (χ1v) is 9.40. The van der Waals surface area contributed by atoms with Crippen molar-refractivity contribution in [3.8, 4) is 12.1 Å². The zero-order chi connectivity index (χ0) is 19.1. The second kappa shape index (κ2) is 14.0. The lowest BCUT2D eigenvalue weighted by Gasteiger charge is -2.35. The Balaban J connectivity index is 4.83. The number of nitrogens with zero attached hydrogens (tertiary/aromatic N) is 3. The summed E-state index contributed by atoms with van der Waals surface area (Å²) in [6, 6.07) is 3.63. The fourth-order valence-corrected chi connectivity index (χ4v) is 2.90. The average Bonchev–Trinajstić information content (AvgIpc) is 2.62. The summed E-state index contributed by atoms with van der Waals surface area (Å²) >= 11 is 0. The van der Waals surface area contributed by atoms with E-state index in [0.29, 0.717) is 13.0 Å². The molecule has 144 valence electrons. The van der Waals surface area contributed by atoms with Crippen LogP contribution in [0.15, 0.2) is 0 Å². The molecule has 0 saturated heterocycles. The van der Waals surface area contributed by atoms with Crippen molar-refractivity contribution in [3.63, 3.8) is 0 Å². The lowest BCUT2D eigenvalue weighted by molar-refractivity contribution is -0.224. The van der Waals surface area contributed by atoms with Gasteiger partial charge in [0.05, 0.1) is 13.2 Å². The zero-order valence-electron chi connectivity index (χ0n) is 16.6. The third-order valence-corrected chi connectivity index (χ3v) is 4.36. The first-order valence-electron chi connectivity index (χ1n) is 9.40. The predicted octanol–water partition coefficient (Wildman–Crippen LogP) is 4.17. The van der Waals surface area contributed by atoms with Crippen LogP contribution in [-0.4, -0.2) is 43.8 Å². The van der Waals surface area contributed by atoms with E-state index in [9.17, 15) is 10.5 Å². The molecule has 0 rings (SSSR count). The molecule has 0 radical (unpaired) electrons. The highest BCUT2D eigenvalue weighted by molar-refractivity contribution is 5.23. The standard InChI is InChI=1S/C19H35N3O3/c1-6-8-9-10-11-12-13-14-18(22(4)23-5)19(15-20,16-21)25-17(3)24-7-2/h17-18H,6-14H2,1-5H3. The molecule has 0 fully saturated rings. The van der Waals surface area contributed by atoms with E-state index in [1.54, 1.807) is 19.0 Å². The molecule has 0 amide bonds. The van der Waals surface area contributed by atoms with Crippen LogP contribution < -0.4 is 0 Å². The molecule has 0 N–H and O–H groups in total. The number of hydroxylamine groups is 2. The lowest BCUT2D eigenvalue weighted by atomic mass is 9.91. The normalized spacial score (nSPS) is 14.1. The maximum atomic E-state index is 9.67. The molecule has 2 unspecified atom stereocenters. The van der Waals surface area contributed by atoms with Crippen molar-refractivity contribution in [1.29, 1.82) is 10.5 Å². The van der Waals surface area contributed by atoms with Gasteiger partial charge in [0.2, 0.25) is 0 Å². The fourth-order valence-electron chi connectivity index (χ4n) is 2.90. The van der Waals surface area contributed by atoms with Crippen LogP contribution in [0.25, 0.3) is 0 Å². The van der Waals surface area contributed by atoms with Gasteiger partial charge in [0.15, 0.2) is 6.29 Å². The molecule has 0 aromatic carbocycles. The Labute approximate surface area is 153 Å². The van der Waals surface area contributed by atoms with Gasteiger partial charge in [-0.2, -0.15) is 15.6 Å². The minimum atomic E-state index is -1.62. The van der Waals surface area contributed by atoms with Gasteiger partial charge in [-0.15, -0.1) is 0 Å². The number of ether oxygens (including phenoxy) is 2. The van der Waals surface area contributed by atoms with Gasteiger partial charge in [-0.1, -0.05) is 51.9 Å². The van der Waals surface area contributed by atoms with Crippen molar-refractivity contribution in [2.75, 3.05) is 20.8 Å². The summed E-state index contributed by atoms with van der Waals surface area (Å²) in [4.78, 5) is 5.28. The summed E-state index contributed by atoms with van der Waals surface area (Å²) in [6.45, 7) is 6.20. The van der Waals surface area contributed by atoms with Gasteiger partial charge in [-0.05, 0) is 20.3 Å². The third kappa shape index (κ3) is 8.65. The molecule has 2 atom stereocenters. The van der Waals surface area contributed by atoms with Gasteiger partial charge in [0, 0.05) is 13.7 Å². The lowest BCUT2D eigenvalue weighted by Crippen LogP contribution is -2.52. The van der Waals surface area contributed by atoms with Crippen LogP contribution >= 0.6 is 0 Å². The largest absolute Gasteiger partial charge is 0.353 e. The monoisotopic (exact) mass is 353 g/mol. The Morgan fingerprint density at radius 3 is 2.04 bits per heavy atom. The molecule has 0 aliphatic heterocycles. The summed E-state index contributed by atoms with van der Waals surface area (Å²) in [5.41, 5.74) is -1.62. The molecule has 0 saturated carbocycles. The van der Waals surface area contributed by atoms with Crippen molar-refractivity contribution in [3.05, 3.63) is 0 Å². The van der Waals surface area contributed by atoms with E-state index in [4.69, 9.17) is 14.3 Å². The SMILES string of the molecule is CCCCCCCCCC(N(C)OC)C(C#N)(C#N)OC(C)OCC. The molecular formula is C19H35N3O3. The number of likely N-dealkylation sites (N-methyl/N-ethyl adjacent to an activating group) is 1. The van der Waals surface area contributed by atoms with Crippen molar-refractivity contribution < 1.29 is 14.3 Å². The minimum Gasteiger partial charge on any atom is -0.353 e. The van der Waals surface area contributed by atoms with E-state index in [-0.39, 0.29) is 0 Å². The second-order valence-electron chi connectivity index (χ2n) is 6.25. The molecule has 0 bridgehead atoms. The molecule has 0 aromatic heterocycles. The van der Waals surface area contributed by atoms with Crippen LogP contribution in [-0.2, 0) is 14.3 Å². The molecule has 0 aliphatic carbocycles. The smallest absolute Gasteiger partial charge is 0.261 e. The van der Waals surface area contributed by atoms with E-state index in [0.717, 1.165) is 12.8 Å². The molecular weight excluding hydrogens is 318 g/mol. The topological polar surface area (TPSA) is 78.5 Å².